The maximum absolute atomic E-state index is 12.5. The molecule has 1 aromatic heterocycles. The molecule has 1 aromatic carbocycles. The van der Waals surface area contributed by atoms with Crippen molar-refractivity contribution in [3.05, 3.63) is 58.5 Å². The molecule has 9 heteroatoms. The SMILES string of the molecule is CCOC(=O)[C@@H](N)COC(=O)CC(=O)c1cc2c(o1)C(=O)c1ccccc1C2=O. The van der Waals surface area contributed by atoms with Crippen LogP contribution in [0.1, 0.15) is 55.9 Å². The minimum atomic E-state index is -1.17. The van der Waals surface area contributed by atoms with Gasteiger partial charge in [-0.2, -0.15) is 0 Å². The summed E-state index contributed by atoms with van der Waals surface area (Å²) in [5.41, 5.74) is 5.87. The minimum Gasteiger partial charge on any atom is -0.465 e. The zero-order valence-corrected chi connectivity index (χ0v) is 15.4. The van der Waals surface area contributed by atoms with Gasteiger partial charge < -0.3 is 19.6 Å². The van der Waals surface area contributed by atoms with Gasteiger partial charge >= 0.3 is 11.9 Å². The van der Waals surface area contributed by atoms with Crippen LogP contribution >= 0.6 is 0 Å². The van der Waals surface area contributed by atoms with Crippen LogP contribution in [-0.2, 0) is 19.1 Å². The van der Waals surface area contributed by atoms with Crippen molar-refractivity contribution in [2.45, 2.75) is 19.4 Å². The third-order valence-electron chi connectivity index (χ3n) is 4.19. The van der Waals surface area contributed by atoms with Crippen LogP contribution in [0.3, 0.4) is 0 Å². The Balaban J connectivity index is 1.67. The number of Topliss-reactive ketones (excluding diaryl/α,β-unsaturated/α-hetero) is 1. The highest BCUT2D eigenvalue weighted by Gasteiger charge is 2.34. The first-order valence-corrected chi connectivity index (χ1v) is 8.76. The molecule has 3 rings (SSSR count). The number of hydrogen-bond acceptors (Lipinski definition) is 9. The molecule has 0 saturated carbocycles. The number of carbonyl (C=O) groups excluding carboxylic acids is 5. The molecule has 0 spiro atoms. The molecular weight excluding hydrogens is 382 g/mol. The minimum absolute atomic E-state index is 0.0326. The van der Waals surface area contributed by atoms with Crippen molar-refractivity contribution in [3.8, 4) is 0 Å². The Kier molecular flexibility index (Phi) is 5.69. The van der Waals surface area contributed by atoms with Gasteiger partial charge in [-0.1, -0.05) is 24.3 Å². The van der Waals surface area contributed by atoms with Gasteiger partial charge in [-0.3, -0.25) is 24.0 Å². The molecule has 0 aliphatic heterocycles. The van der Waals surface area contributed by atoms with E-state index in [2.05, 4.69) is 4.74 Å². The van der Waals surface area contributed by atoms with Crippen LogP contribution in [-0.4, -0.2) is 48.5 Å². The Bertz CT molecular complexity index is 967. The lowest BCUT2D eigenvalue weighted by Gasteiger charge is -2.11. The molecule has 9 nitrogen and oxygen atoms in total. The van der Waals surface area contributed by atoms with Crippen LogP contribution in [0, 0.1) is 0 Å². The predicted molar refractivity (Wildman–Crippen MR) is 96.5 cm³/mol. The normalized spacial score (nSPS) is 13.3. The Morgan fingerprint density at radius 1 is 1.03 bits per heavy atom. The lowest BCUT2D eigenvalue weighted by Crippen LogP contribution is -2.37. The Labute approximate surface area is 164 Å². The molecule has 0 radical (unpaired) electrons. The first kappa shape index (κ1) is 20.2. The molecule has 1 aliphatic rings. The van der Waals surface area contributed by atoms with Crippen molar-refractivity contribution in [3.63, 3.8) is 0 Å². The molecule has 29 heavy (non-hydrogen) atoms. The van der Waals surface area contributed by atoms with E-state index in [9.17, 15) is 24.0 Å². The number of hydrogen-bond donors (Lipinski definition) is 1. The summed E-state index contributed by atoms with van der Waals surface area (Å²) in [6, 6.07) is 6.22. The van der Waals surface area contributed by atoms with Crippen molar-refractivity contribution in [1.82, 2.24) is 0 Å². The highest BCUT2D eigenvalue weighted by Crippen LogP contribution is 2.30. The number of ether oxygens (including phenoxy) is 2. The summed E-state index contributed by atoms with van der Waals surface area (Å²) in [5, 5.41) is 0. The topological polar surface area (TPSA) is 143 Å². The molecule has 0 amide bonds. The third-order valence-corrected chi connectivity index (χ3v) is 4.19. The fourth-order valence-corrected chi connectivity index (χ4v) is 2.78. The second-order valence-corrected chi connectivity index (χ2v) is 6.20. The van der Waals surface area contributed by atoms with E-state index < -0.39 is 48.4 Å². The van der Waals surface area contributed by atoms with Crippen LogP contribution in [0.4, 0.5) is 0 Å². The van der Waals surface area contributed by atoms with E-state index in [0.29, 0.717) is 0 Å². The Morgan fingerprint density at radius 2 is 1.69 bits per heavy atom. The summed E-state index contributed by atoms with van der Waals surface area (Å²) in [6.07, 6.45) is -0.711. The summed E-state index contributed by atoms with van der Waals surface area (Å²) in [6.45, 7) is 1.28. The van der Waals surface area contributed by atoms with Crippen LogP contribution in [0.5, 0.6) is 0 Å². The smallest absolute Gasteiger partial charge is 0.326 e. The summed E-state index contributed by atoms with van der Waals surface area (Å²) in [4.78, 5) is 60.6. The summed E-state index contributed by atoms with van der Waals surface area (Å²) in [7, 11) is 0. The molecule has 150 valence electrons. The van der Waals surface area contributed by atoms with E-state index in [1.165, 1.54) is 12.1 Å². The van der Waals surface area contributed by atoms with Gasteiger partial charge in [0.25, 0.3) is 0 Å². The number of benzene rings is 1. The lowest BCUT2D eigenvalue weighted by molar-refractivity contribution is -0.150. The predicted octanol–water partition coefficient (Wildman–Crippen LogP) is 1.06. The fraction of sp³-hybridized carbons (Fsp3) is 0.250. The van der Waals surface area contributed by atoms with Gasteiger partial charge in [0, 0.05) is 11.1 Å². The first-order chi connectivity index (χ1) is 13.8. The van der Waals surface area contributed by atoms with Crippen molar-refractivity contribution >= 4 is 29.3 Å². The van der Waals surface area contributed by atoms with E-state index in [0.717, 1.165) is 6.07 Å². The summed E-state index contributed by atoms with van der Waals surface area (Å²) < 4.78 is 14.8. The molecule has 1 heterocycles. The van der Waals surface area contributed by atoms with Gasteiger partial charge in [-0.25, -0.2) is 0 Å². The molecule has 0 unspecified atom stereocenters. The summed E-state index contributed by atoms with van der Waals surface area (Å²) >= 11 is 0. The molecule has 0 bridgehead atoms. The second kappa shape index (κ2) is 8.19. The van der Waals surface area contributed by atoms with Gasteiger partial charge in [0.1, 0.15) is 19.1 Å². The quantitative estimate of drug-likeness (QED) is 0.350. The molecule has 2 aromatic rings. The molecule has 1 atom stereocenters. The van der Waals surface area contributed by atoms with E-state index >= 15 is 0 Å². The maximum atomic E-state index is 12.5. The van der Waals surface area contributed by atoms with Crippen LogP contribution < -0.4 is 5.73 Å². The molecule has 0 saturated heterocycles. The van der Waals surface area contributed by atoms with Crippen LogP contribution in [0.25, 0.3) is 0 Å². The zero-order chi connectivity index (χ0) is 21.1. The van der Waals surface area contributed by atoms with Gasteiger partial charge in [-0.15, -0.1) is 0 Å². The number of nitrogens with two attached hydrogens (primary N) is 1. The number of furan rings is 1. The monoisotopic (exact) mass is 399 g/mol. The molecular formula is C20H17NO8. The van der Waals surface area contributed by atoms with Gasteiger partial charge in [0.05, 0.1) is 12.2 Å². The molecule has 1 aliphatic carbocycles. The van der Waals surface area contributed by atoms with Crippen LogP contribution in [0.2, 0.25) is 0 Å². The number of carbonyl (C=O) groups is 5. The number of ketones is 3. The van der Waals surface area contributed by atoms with E-state index in [1.54, 1.807) is 19.1 Å². The number of rotatable bonds is 7. The lowest BCUT2D eigenvalue weighted by atomic mass is 9.88. The first-order valence-electron chi connectivity index (χ1n) is 8.76. The van der Waals surface area contributed by atoms with Gasteiger partial charge in [-0.05, 0) is 13.0 Å². The van der Waals surface area contributed by atoms with Crippen molar-refractivity contribution in [1.29, 1.82) is 0 Å². The molecule has 0 fully saturated rings. The maximum Gasteiger partial charge on any atom is 0.326 e. The highest BCUT2D eigenvalue weighted by atomic mass is 16.6. The standard InChI is InChI=1S/C20H17NO8/c1-2-27-20(26)13(21)9-28-16(23)8-14(22)15-7-12-17(24)10-5-3-4-6-11(10)18(25)19(12)29-15/h3-7,13H,2,8-9,21H2,1H3/t13-/m0/s1. The van der Waals surface area contributed by atoms with E-state index in [4.69, 9.17) is 14.9 Å². The van der Waals surface area contributed by atoms with Crippen LogP contribution in [0.15, 0.2) is 34.7 Å². The zero-order valence-electron chi connectivity index (χ0n) is 15.4. The Hall–Kier alpha value is -3.59. The Morgan fingerprint density at radius 3 is 2.34 bits per heavy atom. The third kappa shape index (κ3) is 3.99. The van der Waals surface area contributed by atoms with E-state index in [1.807, 2.05) is 0 Å². The van der Waals surface area contributed by atoms with Crippen molar-refractivity contribution in [2.24, 2.45) is 5.73 Å². The van der Waals surface area contributed by atoms with E-state index in [-0.39, 0.29) is 34.8 Å². The second-order valence-electron chi connectivity index (χ2n) is 6.20. The van der Waals surface area contributed by atoms with Crippen molar-refractivity contribution < 1.29 is 37.9 Å². The largest absolute Gasteiger partial charge is 0.465 e. The fourth-order valence-electron chi connectivity index (χ4n) is 2.78. The van der Waals surface area contributed by atoms with Crippen molar-refractivity contribution in [2.75, 3.05) is 13.2 Å². The average molecular weight is 399 g/mol. The average Bonchev–Trinajstić information content (AvgIpc) is 3.16. The summed E-state index contributed by atoms with van der Waals surface area (Å²) in [5.74, 6) is -3.96. The van der Waals surface area contributed by atoms with Gasteiger partial charge in [0.15, 0.2) is 17.3 Å². The number of fused-ring (bicyclic) bond motifs is 2. The molecule has 2 N–H and O–H groups in total. The highest BCUT2D eigenvalue weighted by molar-refractivity contribution is 6.28. The van der Waals surface area contributed by atoms with Gasteiger partial charge in [0.2, 0.25) is 11.6 Å². The number of esters is 2.